The van der Waals surface area contributed by atoms with Crippen molar-refractivity contribution in [1.29, 1.82) is 0 Å². The van der Waals surface area contributed by atoms with Crippen LogP contribution in [-0.2, 0) is 6.54 Å². The standard InChI is InChI=1S/C20H21FN4/c1-14-12-19(22-13-17-10-6-7-11-18(17)21)25-20(23-14)24-15(2)16-8-4-3-5-9-16/h3-12,15H,13H2,1-2H3,(H2,22,23,24,25). The lowest BCUT2D eigenvalue weighted by Gasteiger charge is -2.15. The minimum atomic E-state index is -0.225. The Labute approximate surface area is 147 Å². The molecule has 3 rings (SSSR count). The van der Waals surface area contributed by atoms with Gasteiger partial charge in [0.25, 0.3) is 0 Å². The first-order valence-electron chi connectivity index (χ1n) is 8.26. The van der Waals surface area contributed by atoms with Crippen molar-refractivity contribution in [3.63, 3.8) is 0 Å². The zero-order chi connectivity index (χ0) is 17.6. The van der Waals surface area contributed by atoms with Crippen LogP contribution in [0.15, 0.2) is 60.7 Å². The summed E-state index contributed by atoms with van der Waals surface area (Å²) in [4.78, 5) is 8.92. The Morgan fingerprint density at radius 2 is 1.72 bits per heavy atom. The number of anilines is 2. The van der Waals surface area contributed by atoms with Crippen molar-refractivity contribution in [2.75, 3.05) is 10.6 Å². The van der Waals surface area contributed by atoms with Gasteiger partial charge in [-0.25, -0.2) is 9.37 Å². The lowest BCUT2D eigenvalue weighted by atomic mass is 10.1. The lowest BCUT2D eigenvalue weighted by molar-refractivity contribution is 0.613. The second-order valence-corrected chi connectivity index (χ2v) is 5.94. The van der Waals surface area contributed by atoms with E-state index in [0.29, 0.717) is 23.9 Å². The van der Waals surface area contributed by atoms with Gasteiger partial charge in [-0.15, -0.1) is 0 Å². The third-order valence-electron chi connectivity index (χ3n) is 3.92. The Morgan fingerprint density at radius 1 is 1.00 bits per heavy atom. The van der Waals surface area contributed by atoms with Crippen LogP contribution in [0.1, 0.15) is 29.8 Å². The van der Waals surface area contributed by atoms with Gasteiger partial charge < -0.3 is 10.6 Å². The quantitative estimate of drug-likeness (QED) is 0.684. The Kier molecular flexibility index (Phi) is 5.23. The first kappa shape index (κ1) is 16.9. The van der Waals surface area contributed by atoms with Crippen LogP contribution in [0.5, 0.6) is 0 Å². The molecule has 0 aliphatic carbocycles. The van der Waals surface area contributed by atoms with Crippen LogP contribution in [0, 0.1) is 12.7 Å². The second kappa shape index (κ2) is 7.75. The van der Waals surface area contributed by atoms with Gasteiger partial charge in [0.1, 0.15) is 11.6 Å². The summed E-state index contributed by atoms with van der Waals surface area (Å²) >= 11 is 0. The van der Waals surface area contributed by atoms with Crippen molar-refractivity contribution in [1.82, 2.24) is 9.97 Å². The normalized spacial score (nSPS) is 11.8. The molecular weight excluding hydrogens is 315 g/mol. The smallest absolute Gasteiger partial charge is 0.225 e. The van der Waals surface area contributed by atoms with Gasteiger partial charge in [-0.2, -0.15) is 4.98 Å². The molecule has 25 heavy (non-hydrogen) atoms. The fraction of sp³-hybridized carbons (Fsp3) is 0.200. The highest BCUT2D eigenvalue weighted by Gasteiger charge is 2.09. The summed E-state index contributed by atoms with van der Waals surface area (Å²) in [6.45, 7) is 4.35. The third-order valence-corrected chi connectivity index (χ3v) is 3.92. The van der Waals surface area contributed by atoms with Gasteiger partial charge in [-0.05, 0) is 25.5 Å². The summed E-state index contributed by atoms with van der Waals surface area (Å²) in [5.74, 6) is 0.989. The lowest BCUT2D eigenvalue weighted by Crippen LogP contribution is -2.11. The number of aromatic nitrogens is 2. The van der Waals surface area contributed by atoms with E-state index in [9.17, 15) is 4.39 Å². The van der Waals surface area contributed by atoms with Gasteiger partial charge in [0, 0.05) is 23.9 Å². The number of halogens is 1. The summed E-state index contributed by atoms with van der Waals surface area (Å²) in [6.07, 6.45) is 0. The van der Waals surface area contributed by atoms with Crippen molar-refractivity contribution in [3.8, 4) is 0 Å². The summed E-state index contributed by atoms with van der Waals surface area (Å²) in [6, 6.07) is 18.8. The molecule has 0 saturated heterocycles. The van der Waals surface area contributed by atoms with E-state index < -0.39 is 0 Å². The van der Waals surface area contributed by atoms with E-state index in [1.165, 1.54) is 6.07 Å². The average Bonchev–Trinajstić information content (AvgIpc) is 2.61. The molecule has 0 saturated carbocycles. The van der Waals surface area contributed by atoms with Gasteiger partial charge in [0.05, 0.1) is 6.04 Å². The van der Waals surface area contributed by atoms with E-state index in [4.69, 9.17) is 0 Å². The largest absolute Gasteiger partial charge is 0.366 e. The zero-order valence-electron chi connectivity index (χ0n) is 14.3. The van der Waals surface area contributed by atoms with Crippen LogP contribution in [0.4, 0.5) is 16.2 Å². The second-order valence-electron chi connectivity index (χ2n) is 5.94. The van der Waals surface area contributed by atoms with Crippen LogP contribution in [0.3, 0.4) is 0 Å². The van der Waals surface area contributed by atoms with E-state index in [2.05, 4.69) is 39.7 Å². The van der Waals surface area contributed by atoms with Crippen LogP contribution in [0.25, 0.3) is 0 Å². The highest BCUT2D eigenvalue weighted by atomic mass is 19.1. The number of hydrogen-bond donors (Lipinski definition) is 2. The maximum Gasteiger partial charge on any atom is 0.225 e. The molecule has 0 amide bonds. The number of hydrogen-bond acceptors (Lipinski definition) is 4. The minimum absolute atomic E-state index is 0.0856. The molecule has 2 aromatic carbocycles. The number of nitrogens with one attached hydrogen (secondary N) is 2. The third kappa shape index (κ3) is 4.53. The van der Waals surface area contributed by atoms with E-state index in [1.807, 2.05) is 37.3 Å². The van der Waals surface area contributed by atoms with Crippen molar-refractivity contribution in [2.45, 2.75) is 26.4 Å². The summed E-state index contributed by atoms with van der Waals surface area (Å²) < 4.78 is 13.7. The number of benzene rings is 2. The molecule has 128 valence electrons. The molecule has 1 atom stereocenters. The minimum Gasteiger partial charge on any atom is -0.366 e. The van der Waals surface area contributed by atoms with Gasteiger partial charge in [-0.1, -0.05) is 48.5 Å². The molecule has 0 bridgehead atoms. The molecule has 5 heteroatoms. The molecule has 0 aliphatic rings. The Hall–Kier alpha value is -2.95. The molecule has 0 aliphatic heterocycles. The predicted octanol–water partition coefficient (Wildman–Crippen LogP) is 4.71. The van der Waals surface area contributed by atoms with E-state index in [0.717, 1.165) is 11.3 Å². The molecule has 1 aromatic heterocycles. The van der Waals surface area contributed by atoms with Gasteiger partial charge in [0.2, 0.25) is 5.95 Å². The number of rotatable bonds is 6. The Morgan fingerprint density at radius 3 is 2.48 bits per heavy atom. The molecule has 1 unspecified atom stereocenters. The molecule has 3 aromatic rings. The summed E-state index contributed by atoms with van der Waals surface area (Å²) in [7, 11) is 0. The van der Waals surface area contributed by atoms with E-state index >= 15 is 0 Å². The molecular formula is C20H21FN4. The molecule has 0 radical (unpaired) electrons. The summed E-state index contributed by atoms with van der Waals surface area (Å²) in [5, 5.41) is 6.48. The van der Waals surface area contributed by atoms with Crippen molar-refractivity contribution < 1.29 is 4.39 Å². The average molecular weight is 336 g/mol. The molecule has 1 heterocycles. The number of nitrogens with zero attached hydrogens (tertiary/aromatic N) is 2. The van der Waals surface area contributed by atoms with Crippen molar-refractivity contribution >= 4 is 11.8 Å². The fourth-order valence-electron chi connectivity index (χ4n) is 2.57. The topological polar surface area (TPSA) is 49.8 Å². The van der Waals surface area contributed by atoms with Crippen LogP contribution in [0.2, 0.25) is 0 Å². The van der Waals surface area contributed by atoms with Crippen LogP contribution >= 0.6 is 0 Å². The maximum atomic E-state index is 13.7. The first-order chi connectivity index (χ1) is 12.1. The van der Waals surface area contributed by atoms with E-state index in [1.54, 1.807) is 12.1 Å². The summed E-state index contributed by atoms with van der Waals surface area (Å²) in [5.41, 5.74) is 2.60. The van der Waals surface area contributed by atoms with E-state index in [-0.39, 0.29) is 11.9 Å². The van der Waals surface area contributed by atoms with Crippen LogP contribution in [-0.4, -0.2) is 9.97 Å². The monoisotopic (exact) mass is 336 g/mol. The molecule has 0 fully saturated rings. The van der Waals surface area contributed by atoms with Crippen molar-refractivity contribution in [2.24, 2.45) is 0 Å². The maximum absolute atomic E-state index is 13.7. The van der Waals surface area contributed by atoms with Crippen LogP contribution < -0.4 is 10.6 Å². The SMILES string of the molecule is Cc1cc(NCc2ccccc2F)nc(NC(C)c2ccccc2)n1. The Balaban J connectivity index is 1.71. The zero-order valence-corrected chi connectivity index (χ0v) is 14.3. The first-order valence-corrected chi connectivity index (χ1v) is 8.26. The highest BCUT2D eigenvalue weighted by molar-refractivity contribution is 5.44. The Bertz CT molecular complexity index is 836. The molecule has 2 N–H and O–H groups in total. The number of aryl methyl sites for hydroxylation is 1. The predicted molar refractivity (Wildman–Crippen MR) is 99.0 cm³/mol. The van der Waals surface area contributed by atoms with Crippen molar-refractivity contribution in [3.05, 3.63) is 83.3 Å². The van der Waals surface area contributed by atoms with Gasteiger partial charge in [-0.3, -0.25) is 0 Å². The van der Waals surface area contributed by atoms with Gasteiger partial charge >= 0.3 is 0 Å². The molecule has 4 nitrogen and oxygen atoms in total. The fourth-order valence-corrected chi connectivity index (χ4v) is 2.57. The highest BCUT2D eigenvalue weighted by Crippen LogP contribution is 2.18. The van der Waals surface area contributed by atoms with Gasteiger partial charge in [0.15, 0.2) is 0 Å². The molecule has 0 spiro atoms.